The number of benzene rings is 1. The predicted molar refractivity (Wildman–Crippen MR) is 90.6 cm³/mol. The molecule has 6 heteroatoms. The van der Waals surface area contributed by atoms with E-state index in [4.69, 9.17) is 17.3 Å². The molecule has 2 N–H and O–H groups in total. The van der Waals surface area contributed by atoms with Crippen molar-refractivity contribution in [3.8, 4) is 0 Å². The van der Waals surface area contributed by atoms with Gasteiger partial charge in [-0.2, -0.15) is 0 Å². The molecular weight excluding hydrogens is 304 g/mol. The van der Waals surface area contributed by atoms with Gasteiger partial charge in [-0.05, 0) is 25.1 Å². The van der Waals surface area contributed by atoms with Gasteiger partial charge in [0, 0.05) is 54.0 Å². The standard InChI is InChI=1S/C15H19ClN4S/c1-11(17)14-10-18-15(21-14)20-7-5-19(6-8-20)13-4-2-3-12(16)9-13/h2-4,9-11H,5-8,17H2,1H3. The lowest BCUT2D eigenvalue weighted by Gasteiger charge is -2.36. The average molecular weight is 323 g/mol. The molecule has 2 heterocycles. The fourth-order valence-corrected chi connectivity index (χ4v) is 3.57. The lowest BCUT2D eigenvalue weighted by Crippen LogP contribution is -2.46. The van der Waals surface area contributed by atoms with Gasteiger partial charge in [-0.25, -0.2) is 4.98 Å². The molecule has 21 heavy (non-hydrogen) atoms. The van der Waals surface area contributed by atoms with Gasteiger partial charge in [0.2, 0.25) is 0 Å². The zero-order valence-electron chi connectivity index (χ0n) is 12.0. The van der Waals surface area contributed by atoms with Crippen LogP contribution >= 0.6 is 22.9 Å². The Morgan fingerprint density at radius 1 is 1.24 bits per heavy atom. The lowest BCUT2D eigenvalue weighted by atomic mass is 10.2. The van der Waals surface area contributed by atoms with Gasteiger partial charge in [0.15, 0.2) is 5.13 Å². The molecule has 0 amide bonds. The molecule has 1 unspecified atom stereocenters. The summed E-state index contributed by atoms with van der Waals surface area (Å²) in [6.07, 6.45) is 1.90. The van der Waals surface area contributed by atoms with Crippen LogP contribution in [0.15, 0.2) is 30.5 Å². The van der Waals surface area contributed by atoms with E-state index in [0.717, 1.165) is 41.2 Å². The van der Waals surface area contributed by atoms with Crippen LogP contribution in [0.1, 0.15) is 17.8 Å². The van der Waals surface area contributed by atoms with Crippen LogP contribution in [-0.2, 0) is 0 Å². The summed E-state index contributed by atoms with van der Waals surface area (Å²) < 4.78 is 0. The normalized spacial score (nSPS) is 17.1. The van der Waals surface area contributed by atoms with Crippen molar-refractivity contribution >= 4 is 33.8 Å². The third kappa shape index (κ3) is 3.31. The van der Waals surface area contributed by atoms with Gasteiger partial charge in [0.25, 0.3) is 0 Å². The Morgan fingerprint density at radius 3 is 2.57 bits per heavy atom. The number of anilines is 2. The quantitative estimate of drug-likeness (QED) is 0.943. The number of piperazine rings is 1. The Morgan fingerprint density at radius 2 is 1.95 bits per heavy atom. The van der Waals surface area contributed by atoms with Crippen LogP contribution in [0, 0.1) is 0 Å². The molecule has 4 nitrogen and oxygen atoms in total. The SMILES string of the molecule is CC(N)c1cnc(N2CCN(c3cccc(Cl)c3)CC2)s1. The maximum absolute atomic E-state index is 6.06. The number of nitrogens with two attached hydrogens (primary N) is 1. The van der Waals surface area contributed by atoms with E-state index in [0.29, 0.717) is 0 Å². The van der Waals surface area contributed by atoms with Crippen LogP contribution in [0.5, 0.6) is 0 Å². The van der Waals surface area contributed by atoms with Gasteiger partial charge in [-0.3, -0.25) is 0 Å². The van der Waals surface area contributed by atoms with E-state index in [1.165, 1.54) is 5.69 Å². The Hall–Kier alpha value is -1.30. The molecule has 112 valence electrons. The van der Waals surface area contributed by atoms with Crippen molar-refractivity contribution in [1.82, 2.24) is 4.98 Å². The highest BCUT2D eigenvalue weighted by Crippen LogP contribution is 2.28. The third-order valence-electron chi connectivity index (χ3n) is 3.68. The zero-order chi connectivity index (χ0) is 14.8. The maximum Gasteiger partial charge on any atom is 0.185 e. The van der Waals surface area contributed by atoms with E-state index in [2.05, 4.69) is 20.9 Å². The van der Waals surface area contributed by atoms with Crippen LogP contribution in [0.2, 0.25) is 5.02 Å². The number of thiazole rings is 1. The zero-order valence-corrected chi connectivity index (χ0v) is 13.6. The molecule has 1 atom stereocenters. The first-order valence-electron chi connectivity index (χ1n) is 7.10. The van der Waals surface area contributed by atoms with E-state index >= 15 is 0 Å². The van der Waals surface area contributed by atoms with Gasteiger partial charge in [0.05, 0.1) is 0 Å². The first kappa shape index (κ1) is 14.6. The summed E-state index contributed by atoms with van der Waals surface area (Å²) >= 11 is 7.76. The van der Waals surface area contributed by atoms with Gasteiger partial charge >= 0.3 is 0 Å². The molecule has 0 bridgehead atoms. The van der Waals surface area contributed by atoms with Crippen molar-refractivity contribution in [2.45, 2.75) is 13.0 Å². The van der Waals surface area contributed by atoms with Crippen molar-refractivity contribution < 1.29 is 0 Å². The minimum Gasteiger partial charge on any atom is -0.368 e. The van der Waals surface area contributed by atoms with E-state index in [9.17, 15) is 0 Å². The Labute approximate surface area is 134 Å². The van der Waals surface area contributed by atoms with Gasteiger partial charge in [0.1, 0.15) is 0 Å². The number of hydrogen-bond acceptors (Lipinski definition) is 5. The second-order valence-corrected chi connectivity index (χ2v) is 6.76. The average Bonchev–Trinajstić information content (AvgIpc) is 2.97. The largest absolute Gasteiger partial charge is 0.368 e. The Bertz CT molecular complexity index is 605. The molecule has 0 radical (unpaired) electrons. The van der Waals surface area contributed by atoms with E-state index < -0.39 is 0 Å². The van der Waals surface area contributed by atoms with Gasteiger partial charge in [-0.1, -0.05) is 17.7 Å². The van der Waals surface area contributed by atoms with Crippen LogP contribution in [0.3, 0.4) is 0 Å². The summed E-state index contributed by atoms with van der Waals surface area (Å²) in [5.74, 6) is 0. The fourth-order valence-electron chi connectivity index (χ4n) is 2.46. The van der Waals surface area contributed by atoms with E-state index in [-0.39, 0.29) is 6.04 Å². The topological polar surface area (TPSA) is 45.4 Å². The maximum atomic E-state index is 6.06. The van der Waals surface area contributed by atoms with E-state index in [1.54, 1.807) is 11.3 Å². The third-order valence-corrected chi connectivity index (χ3v) is 5.18. The second kappa shape index (κ2) is 6.22. The van der Waals surface area contributed by atoms with Crippen molar-refractivity contribution in [2.75, 3.05) is 36.0 Å². The summed E-state index contributed by atoms with van der Waals surface area (Å²) in [6, 6.07) is 8.10. The van der Waals surface area contributed by atoms with Crippen LogP contribution in [0.4, 0.5) is 10.8 Å². The number of nitrogens with zero attached hydrogens (tertiary/aromatic N) is 3. The highest BCUT2D eigenvalue weighted by atomic mass is 35.5. The molecule has 2 aromatic rings. The van der Waals surface area contributed by atoms with Gasteiger partial charge in [-0.15, -0.1) is 11.3 Å². The predicted octanol–water partition coefficient (Wildman–Crippen LogP) is 3.14. The molecule has 1 aliphatic heterocycles. The first-order valence-corrected chi connectivity index (χ1v) is 8.30. The van der Waals surface area contributed by atoms with Crippen molar-refractivity contribution in [1.29, 1.82) is 0 Å². The Balaban J connectivity index is 1.64. The Kier molecular flexibility index (Phi) is 4.33. The summed E-state index contributed by atoms with van der Waals surface area (Å²) in [5, 5.41) is 1.87. The molecule has 0 saturated carbocycles. The number of hydrogen-bond donors (Lipinski definition) is 1. The number of halogens is 1. The smallest absolute Gasteiger partial charge is 0.185 e. The second-order valence-electron chi connectivity index (χ2n) is 5.29. The lowest BCUT2D eigenvalue weighted by molar-refractivity contribution is 0.652. The highest BCUT2D eigenvalue weighted by Gasteiger charge is 2.20. The van der Waals surface area contributed by atoms with Crippen molar-refractivity contribution in [2.24, 2.45) is 5.73 Å². The summed E-state index contributed by atoms with van der Waals surface area (Å²) in [5.41, 5.74) is 7.09. The molecular formula is C15H19ClN4S. The molecule has 3 rings (SSSR count). The number of aromatic nitrogens is 1. The van der Waals surface area contributed by atoms with E-state index in [1.807, 2.05) is 31.3 Å². The fraction of sp³-hybridized carbons (Fsp3) is 0.400. The van der Waals surface area contributed by atoms with Crippen LogP contribution in [0.25, 0.3) is 0 Å². The molecule has 1 aromatic heterocycles. The minimum absolute atomic E-state index is 0.0593. The molecule has 1 saturated heterocycles. The molecule has 0 aliphatic carbocycles. The molecule has 0 spiro atoms. The first-order chi connectivity index (χ1) is 10.1. The van der Waals surface area contributed by atoms with Crippen molar-refractivity contribution in [3.05, 3.63) is 40.4 Å². The monoisotopic (exact) mass is 322 g/mol. The summed E-state index contributed by atoms with van der Waals surface area (Å²) in [7, 11) is 0. The van der Waals surface area contributed by atoms with Gasteiger partial charge < -0.3 is 15.5 Å². The summed E-state index contributed by atoms with van der Waals surface area (Å²) in [4.78, 5) is 10.3. The molecule has 1 aromatic carbocycles. The minimum atomic E-state index is 0.0593. The number of rotatable bonds is 3. The van der Waals surface area contributed by atoms with Crippen LogP contribution in [-0.4, -0.2) is 31.2 Å². The highest BCUT2D eigenvalue weighted by molar-refractivity contribution is 7.15. The molecule has 1 fully saturated rings. The molecule has 1 aliphatic rings. The van der Waals surface area contributed by atoms with Crippen LogP contribution < -0.4 is 15.5 Å². The summed E-state index contributed by atoms with van der Waals surface area (Å²) in [6.45, 7) is 5.89. The van der Waals surface area contributed by atoms with Crippen molar-refractivity contribution in [3.63, 3.8) is 0 Å².